The topological polar surface area (TPSA) is 53.5 Å². The summed E-state index contributed by atoms with van der Waals surface area (Å²) < 4.78 is 0. The zero-order valence-corrected chi connectivity index (χ0v) is 18.8. The fourth-order valence-electron chi connectivity index (χ4n) is 4.29. The van der Waals surface area contributed by atoms with Gasteiger partial charge in [-0.2, -0.15) is 0 Å². The predicted octanol–water partition coefficient (Wildman–Crippen LogP) is 4.03. The molecule has 1 aliphatic heterocycles. The van der Waals surface area contributed by atoms with Gasteiger partial charge in [0.1, 0.15) is 0 Å². The quantitative estimate of drug-likeness (QED) is 0.769. The Morgan fingerprint density at radius 1 is 1.03 bits per heavy atom. The van der Waals surface area contributed by atoms with Gasteiger partial charge < -0.3 is 9.80 Å². The van der Waals surface area contributed by atoms with Crippen LogP contribution in [-0.4, -0.2) is 53.8 Å². The lowest BCUT2D eigenvalue weighted by molar-refractivity contribution is -0.149. The molecule has 1 fully saturated rings. The molecule has 0 N–H and O–H groups in total. The smallest absolute Gasteiger partial charge is 0.228 e. The Kier molecular flexibility index (Phi) is 6.30. The number of benzene rings is 1. The normalized spacial score (nSPS) is 16.2. The van der Waals surface area contributed by atoms with E-state index in [1.807, 2.05) is 58.1 Å². The Bertz CT molecular complexity index is 875. The molecular formula is C25H33N3O2. The van der Waals surface area contributed by atoms with Crippen LogP contribution in [0.1, 0.15) is 39.2 Å². The number of piperidine rings is 1. The van der Waals surface area contributed by atoms with E-state index in [0.717, 1.165) is 16.7 Å². The SMILES string of the molecule is CN(C)C(=O)C1(Cc2ccc(-c3cccnc3)cc2)CCN(C(=O)C(C)(C)C)CC1. The maximum absolute atomic E-state index is 13.2. The van der Waals surface area contributed by atoms with E-state index in [1.165, 1.54) is 0 Å². The monoisotopic (exact) mass is 407 g/mol. The van der Waals surface area contributed by atoms with Gasteiger partial charge in [-0.3, -0.25) is 14.6 Å². The van der Waals surface area contributed by atoms with Gasteiger partial charge in [-0.1, -0.05) is 51.1 Å². The van der Waals surface area contributed by atoms with E-state index in [-0.39, 0.29) is 11.8 Å². The molecule has 1 aromatic carbocycles. The van der Waals surface area contributed by atoms with Crippen LogP contribution in [0.25, 0.3) is 11.1 Å². The molecule has 2 heterocycles. The van der Waals surface area contributed by atoms with E-state index < -0.39 is 10.8 Å². The Balaban J connectivity index is 1.79. The van der Waals surface area contributed by atoms with Crippen molar-refractivity contribution in [2.45, 2.75) is 40.0 Å². The molecule has 1 aromatic heterocycles. The van der Waals surface area contributed by atoms with Crippen LogP contribution >= 0.6 is 0 Å². The van der Waals surface area contributed by atoms with Gasteiger partial charge in [-0.05, 0) is 42.0 Å². The standard InChI is InChI=1S/C25H33N3O2/c1-24(2,3)22(29)28-15-12-25(13-16-28,23(30)27(4)5)17-19-8-10-20(11-9-19)21-7-6-14-26-18-21/h6-11,14,18H,12-13,15-17H2,1-5H3. The highest BCUT2D eigenvalue weighted by Crippen LogP contribution is 2.38. The van der Waals surface area contributed by atoms with E-state index in [4.69, 9.17) is 0 Å². The minimum atomic E-state index is -0.464. The average molecular weight is 408 g/mol. The molecular weight excluding hydrogens is 374 g/mol. The van der Waals surface area contributed by atoms with E-state index >= 15 is 0 Å². The largest absolute Gasteiger partial charge is 0.348 e. The molecule has 0 aliphatic carbocycles. The second-order valence-corrected chi connectivity index (χ2v) is 9.64. The summed E-state index contributed by atoms with van der Waals surface area (Å²) in [5, 5.41) is 0. The van der Waals surface area contributed by atoms with Gasteiger partial charge in [0, 0.05) is 45.0 Å². The van der Waals surface area contributed by atoms with Crippen molar-refractivity contribution >= 4 is 11.8 Å². The molecule has 1 saturated heterocycles. The van der Waals surface area contributed by atoms with Crippen molar-refractivity contribution in [2.75, 3.05) is 27.2 Å². The zero-order chi connectivity index (χ0) is 21.9. The Morgan fingerprint density at radius 3 is 2.17 bits per heavy atom. The number of aromatic nitrogens is 1. The summed E-state index contributed by atoms with van der Waals surface area (Å²) >= 11 is 0. The van der Waals surface area contributed by atoms with Crippen molar-refractivity contribution in [1.82, 2.24) is 14.8 Å². The van der Waals surface area contributed by atoms with Gasteiger partial charge in [0.25, 0.3) is 0 Å². The molecule has 5 nitrogen and oxygen atoms in total. The molecule has 2 amide bonds. The van der Waals surface area contributed by atoms with Crippen LogP contribution in [0.2, 0.25) is 0 Å². The molecule has 0 spiro atoms. The lowest BCUT2D eigenvalue weighted by Gasteiger charge is -2.43. The van der Waals surface area contributed by atoms with Gasteiger partial charge >= 0.3 is 0 Å². The van der Waals surface area contributed by atoms with Gasteiger partial charge in [-0.25, -0.2) is 0 Å². The Morgan fingerprint density at radius 2 is 1.67 bits per heavy atom. The van der Waals surface area contributed by atoms with Gasteiger partial charge in [-0.15, -0.1) is 0 Å². The second-order valence-electron chi connectivity index (χ2n) is 9.64. The van der Waals surface area contributed by atoms with Gasteiger partial charge in [0.15, 0.2) is 0 Å². The number of amides is 2. The van der Waals surface area contributed by atoms with E-state index in [2.05, 4.69) is 29.2 Å². The highest BCUT2D eigenvalue weighted by atomic mass is 16.2. The first kappa shape index (κ1) is 22.0. The third kappa shape index (κ3) is 4.72. The van der Waals surface area contributed by atoms with Crippen molar-refractivity contribution in [1.29, 1.82) is 0 Å². The van der Waals surface area contributed by atoms with Crippen LogP contribution in [0.5, 0.6) is 0 Å². The van der Waals surface area contributed by atoms with E-state index in [1.54, 1.807) is 11.1 Å². The summed E-state index contributed by atoms with van der Waals surface area (Å²) in [6, 6.07) is 12.4. The van der Waals surface area contributed by atoms with Crippen molar-refractivity contribution in [3.8, 4) is 11.1 Å². The lowest BCUT2D eigenvalue weighted by Crippen LogP contribution is -2.52. The van der Waals surface area contributed by atoms with Crippen LogP contribution < -0.4 is 0 Å². The number of carbonyl (C=O) groups is 2. The first-order chi connectivity index (χ1) is 14.1. The summed E-state index contributed by atoms with van der Waals surface area (Å²) in [4.78, 5) is 33.7. The minimum Gasteiger partial charge on any atom is -0.348 e. The molecule has 3 rings (SSSR count). The highest BCUT2D eigenvalue weighted by molar-refractivity contribution is 5.84. The second kappa shape index (κ2) is 8.58. The number of hydrogen-bond donors (Lipinski definition) is 0. The number of pyridine rings is 1. The van der Waals surface area contributed by atoms with Crippen LogP contribution in [0.3, 0.4) is 0 Å². The average Bonchev–Trinajstić information content (AvgIpc) is 2.73. The number of rotatable bonds is 4. The van der Waals surface area contributed by atoms with Crippen molar-refractivity contribution < 1.29 is 9.59 Å². The summed E-state index contributed by atoms with van der Waals surface area (Å²) in [7, 11) is 3.64. The fourth-order valence-corrected chi connectivity index (χ4v) is 4.29. The van der Waals surface area contributed by atoms with Gasteiger partial charge in [0.05, 0.1) is 5.41 Å². The maximum Gasteiger partial charge on any atom is 0.228 e. The van der Waals surface area contributed by atoms with Gasteiger partial charge in [0.2, 0.25) is 11.8 Å². The molecule has 0 unspecified atom stereocenters. The Labute approximate surface area is 180 Å². The van der Waals surface area contributed by atoms with Crippen LogP contribution in [-0.2, 0) is 16.0 Å². The number of hydrogen-bond acceptors (Lipinski definition) is 3. The van der Waals surface area contributed by atoms with Crippen LogP contribution in [0, 0.1) is 10.8 Å². The molecule has 5 heteroatoms. The summed E-state index contributed by atoms with van der Waals surface area (Å²) in [5.41, 5.74) is 2.48. The number of likely N-dealkylation sites (tertiary alicyclic amines) is 1. The molecule has 0 saturated carbocycles. The molecule has 30 heavy (non-hydrogen) atoms. The minimum absolute atomic E-state index is 0.154. The molecule has 0 atom stereocenters. The van der Waals surface area contributed by atoms with E-state index in [9.17, 15) is 9.59 Å². The van der Waals surface area contributed by atoms with Crippen LogP contribution in [0.15, 0.2) is 48.8 Å². The van der Waals surface area contributed by atoms with Crippen molar-refractivity contribution in [2.24, 2.45) is 10.8 Å². The molecule has 0 radical (unpaired) electrons. The molecule has 2 aromatic rings. The van der Waals surface area contributed by atoms with E-state index in [0.29, 0.717) is 32.4 Å². The highest BCUT2D eigenvalue weighted by Gasteiger charge is 2.44. The third-order valence-electron chi connectivity index (χ3n) is 6.00. The summed E-state index contributed by atoms with van der Waals surface area (Å²) in [5.74, 6) is 0.316. The molecule has 160 valence electrons. The van der Waals surface area contributed by atoms with Crippen molar-refractivity contribution in [3.63, 3.8) is 0 Å². The molecule has 1 aliphatic rings. The number of carbonyl (C=O) groups excluding carboxylic acids is 2. The fraction of sp³-hybridized carbons (Fsp3) is 0.480. The summed E-state index contributed by atoms with van der Waals surface area (Å²) in [6.07, 6.45) is 5.69. The predicted molar refractivity (Wildman–Crippen MR) is 120 cm³/mol. The maximum atomic E-state index is 13.2. The molecule has 0 bridgehead atoms. The zero-order valence-electron chi connectivity index (χ0n) is 18.8. The van der Waals surface area contributed by atoms with Crippen LogP contribution in [0.4, 0.5) is 0 Å². The first-order valence-electron chi connectivity index (χ1n) is 10.6. The summed E-state index contributed by atoms with van der Waals surface area (Å²) in [6.45, 7) is 7.11. The third-order valence-corrected chi connectivity index (χ3v) is 6.00. The number of nitrogens with zero attached hydrogens (tertiary/aromatic N) is 3. The Hall–Kier alpha value is -2.69. The lowest BCUT2D eigenvalue weighted by atomic mass is 9.72. The van der Waals surface area contributed by atoms with Crippen molar-refractivity contribution in [3.05, 3.63) is 54.4 Å². The first-order valence-corrected chi connectivity index (χ1v) is 10.6.